The van der Waals surface area contributed by atoms with E-state index in [1.807, 2.05) is 13.8 Å². The van der Waals surface area contributed by atoms with Crippen LogP contribution < -0.4 is 10.9 Å². The molecular weight excluding hydrogens is 418 g/mol. The summed E-state index contributed by atoms with van der Waals surface area (Å²) in [4.78, 5) is 32.5. The quantitative estimate of drug-likeness (QED) is 0.258. The van der Waals surface area contributed by atoms with Crippen LogP contribution in [0.1, 0.15) is 29.3 Å². The van der Waals surface area contributed by atoms with Crippen LogP contribution in [0, 0.1) is 6.92 Å². The van der Waals surface area contributed by atoms with Gasteiger partial charge in [0.2, 0.25) is 5.91 Å². The summed E-state index contributed by atoms with van der Waals surface area (Å²) in [5, 5.41) is 13.9. The Hall–Kier alpha value is -2.58. The van der Waals surface area contributed by atoms with Gasteiger partial charge in [-0.3, -0.25) is 14.2 Å². The Morgan fingerprint density at radius 1 is 1.40 bits per heavy atom. The van der Waals surface area contributed by atoms with Crippen LogP contribution in [-0.4, -0.2) is 26.3 Å². The first-order valence-electron chi connectivity index (χ1n) is 9.75. The van der Waals surface area contributed by atoms with Crippen LogP contribution in [0.15, 0.2) is 40.3 Å². The van der Waals surface area contributed by atoms with Crippen LogP contribution in [0.25, 0.3) is 10.2 Å². The molecular formula is C22H23N3O3S2. The number of fused-ring (bicyclic) bond motifs is 3. The summed E-state index contributed by atoms with van der Waals surface area (Å²) >= 11 is 2.81. The highest BCUT2D eigenvalue weighted by atomic mass is 32.2. The average Bonchev–Trinajstić information content (AvgIpc) is 3.26. The Labute approximate surface area is 182 Å². The molecule has 156 valence electrons. The van der Waals surface area contributed by atoms with E-state index in [4.69, 9.17) is 4.98 Å². The van der Waals surface area contributed by atoms with Crippen molar-refractivity contribution >= 4 is 44.9 Å². The number of phenols is 1. The zero-order valence-corrected chi connectivity index (χ0v) is 18.6. The van der Waals surface area contributed by atoms with E-state index in [0.29, 0.717) is 17.4 Å². The van der Waals surface area contributed by atoms with Crippen LogP contribution >= 0.6 is 23.1 Å². The number of nitrogens with zero attached hydrogens (tertiary/aromatic N) is 2. The number of aromatic nitrogens is 2. The number of rotatable bonds is 6. The van der Waals surface area contributed by atoms with E-state index < -0.39 is 0 Å². The second-order valence-corrected chi connectivity index (χ2v) is 9.66. The number of nitrogens with one attached hydrogen (secondary N) is 1. The van der Waals surface area contributed by atoms with Crippen molar-refractivity contribution in [3.63, 3.8) is 0 Å². The number of amides is 1. The van der Waals surface area contributed by atoms with E-state index in [2.05, 4.69) is 11.9 Å². The maximum atomic E-state index is 13.3. The molecule has 2 N–H and O–H groups in total. The fourth-order valence-corrected chi connectivity index (χ4v) is 5.75. The van der Waals surface area contributed by atoms with Gasteiger partial charge in [-0.25, -0.2) is 4.98 Å². The standard InChI is InChI=1S/C22H23N3O3S2/c1-12(2)10-25-21(28)19-14-5-4-6-17(14)30-20(19)24-22(25)29-11-18(27)23-15-9-13(3)7-8-16(15)26/h7-9,26H,1,4-6,10-11H2,2-3H3,(H,23,27). The van der Waals surface area contributed by atoms with Crippen molar-refractivity contribution in [2.45, 2.75) is 44.8 Å². The molecule has 4 rings (SSSR count). The number of thioether (sulfide) groups is 1. The van der Waals surface area contributed by atoms with Crippen molar-refractivity contribution in [2.24, 2.45) is 0 Å². The van der Waals surface area contributed by atoms with Gasteiger partial charge in [0.25, 0.3) is 5.56 Å². The summed E-state index contributed by atoms with van der Waals surface area (Å²) in [6, 6.07) is 5.04. The molecule has 0 fully saturated rings. The number of phenolic OH excluding ortho intramolecular Hbond substituents is 1. The number of hydrogen-bond donors (Lipinski definition) is 2. The minimum atomic E-state index is -0.272. The summed E-state index contributed by atoms with van der Waals surface area (Å²) in [5.41, 5.74) is 3.25. The molecule has 0 unspecified atom stereocenters. The van der Waals surface area contributed by atoms with E-state index in [0.717, 1.165) is 46.2 Å². The number of carbonyl (C=O) groups excluding carboxylic acids is 1. The monoisotopic (exact) mass is 441 g/mol. The van der Waals surface area contributed by atoms with Gasteiger partial charge in [-0.2, -0.15) is 0 Å². The number of thiophene rings is 1. The Morgan fingerprint density at radius 2 is 2.20 bits per heavy atom. The van der Waals surface area contributed by atoms with E-state index >= 15 is 0 Å². The Kier molecular flexibility index (Phi) is 5.71. The Bertz CT molecular complexity index is 1230. The fourth-order valence-electron chi connectivity index (χ4n) is 3.64. The first-order valence-corrected chi connectivity index (χ1v) is 11.6. The largest absolute Gasteiger partial charge is 0.506 e. The minimum Gasteiger partial charge on any atom is -0.506 e. The molecule has 0 aliphatic heterocycles. The third kappa shape index (κ3) is 4.02. The van der Waals surface area contributed by atoms with Crippen LogP contribution in [0.3, 0.4) is 0 Å². The second kappa shape index (κ2) is 8.28. The lowest BCUT2D eigenvalue weighted by atomic mass is 10.2. The van der Waals surface area contributed by atoms with Gasteiger partial charge in [0.1, 0.15) is 10.6 Å². The van der Waals surface area contributed by atoms with Gasteiger partial charge in [0.05, 0.1) is 16.8 Å². The summed E-state index contributed by atoms with van der Waals surface area (Å²) in [7, 11) is 0. The minimum absolute atomic E-state index is 0.0192. The number of aryl methyl sites for hydroxylation is 3. The smallest absolute Gasteiger partial charge is 0.263 e. The number of allylic oxidation sites excluding steroid dienone is 1. The molecule has 1 aromatic carbocycles. The lowest BCUT2D eigenvalue weighted by molar-refractivity contribution is -0.113. The Morgan fingerprint density at radius 3 is 2.97 bits per heavy atom. The van der Waals surface area contributed by atoms with Gasteiger partial charge < -0.3 is 10.4 Å². The third-order valence-corrected chi connectivity index (χ3v) is 7.14. The van der Waals surface area contributed by atoms with Crippen molar-refractivity contribution in [1.29, 1.82) is 0 Å². The molecule has 3 aromatic rings. The lowest BCUT2D eigenvalue weighted by Crippen LogP contribution is -2.24. The average molecular weight is 442 g/mol. The maximum Gasteiger partial charge on any atom is 0.263 e. The maximum absolute atomic E-state index is 13.3. The number of aromatic hydroxyl groups is 1. The topological polar surface area (TPSA) is 84.2 Å². The zero-order valence-electron chi connectivity index (χ0n) is 16.9. The molecule has 0 atom stereocenters. The molecule has 1 amide bonds. The van der Waals surface area contributed by atoms with Crippen LogP contribution in [-0.2, 0) is 24.2 Å². The number of benzene rings is 1. The molecule has 6 nitrogen and oxygen atoms in total. The van der Waals surface area contributed by atoms with Crippen LogP contribution in [0.2, 0.25) is 0 Å². The molecule has 0 saturated heterocycles. The molecule has 0 spiro atoms. The van der Waals surface area contributed by atoms with Crippen molar-refractivity contribution in [1.82, 2.24) is 9.55 Å². The lowest BCUT2D eigenvalue weighted by Gasteiger charge is -2.13. The van der Waals surface area contributed by atoms with E-state index in [1.54, 1.807) is 34.1 Å². The molecule has 30 heavy (non-hydrogen) atoms. The Balaban J connectivity index is 1.61. The predicted octanol–water partition coefficient (Wildman–Crippen LogP) is 4.27. The number of hydrogen-bond acceptors (Lipinski definition) is 6. The van der Waals surface area contributed by atoms with Gasteiger partial charge in [0.15, 0.2) is 5.16 Å². The molecule has 0 radical (unpaired) electrons. The van der Waals surface area contributed by atoms with E-state index in [1.165, 1.54) is 16.6 Å². The van der Waals surface area contributed by atoms with Gasteiger partial charge in [-0.1, -0.05) is 30.0 Å². The number of anilines is 1. The van der Waals surface area contributed by atoms with E-state index in [9.17, 15) is 14.7 Å². The summed E-state index contributed by atoms with van der Waals surface area (Å²) < 4.78 is 1.62. The highest BCUT2D eigenvalue weighted by molar-refractivity contribution is 7.99. The molecule has 1 aliphatic rings. The first-order chi connectivity index (χ1) is 14.3. The van der Waals surface area contributed by atoms with Crippen LogP contribution in [0.4, 0.5) is 5.69 Å². The van der Waals surface area contributed by atoms with Crippen LogP contribution in [0.5, 0.6) is 5.75 Å². The molecule has 0 saturated carbocycles. The molecule has 2 aromatic heterocycles. The van der Waals surface area contributed by atoms with Gasteiger partial charge >= 0.3 is 0 Å². The van der Waals surface area contributed by atoms with E-state index in [-0.39, 0.29) is 23.0 Å². The third-order valence-electron chi connectivity index (χ3n) is 4.98. The summed E-state index contributed by atoms with van der Waals surface area (Å²) in [5.74, 6) is -0.177. The predicted molar refractivity (Wildman–Crippen MR) is 123 cm³/mol. The fraction of sp³-hybridized carbons (Fsp3) is 0.318. The molecule has 0 bridgehead atoms. The van der Waals surface area contributed by atoms with Crippen molar-refractivity contribution < 1.29 is 9.90 Å². The second-order valence-electron chi connectivity index (χ2n) is 7.64. The zero-order chi connectivity index (χ0) is 21.4. The molecule has 2 heterocycles. The van der Waals surface area contributed by atoms with Crippen molar-refractivity contribution in [3.8, 4) is 5.75 Å². The van der Waals surface area contributed by atoms with Gasteiger partial charge in [-0.05, 0) is 56.4 Å². The molecule has 8 heteroatoms. The van der Waals surface area contributed by atoms with Crippen molar-refractivity contribution in [2.75, 3.05) is 11.1 Å². The van der Waals surface area contributed by atoms with Gasteiger partial charge in [0, 0.05) is 11.4 Å². The highest BCUT2D eigenvalue weighted by Crippen LogP contribution is 2.35. The SMILES string of the molecule is C=C(C)Cn1c(SCC(=O)Nc2cc(C)ccc2O)nc2sc3c(c2c1=O)CCC3. The normalized spacial score (nSPS) is 12.9. The number of carbonyl (C=O) groups is 1. The highest BCUT2D eigenvalue weighted by Gasteiger charge is 2.23. The first kappa shape index (κ1) is 20.7. The van der Waals surface area contributed by atoms with Gasteiger partial charge in [-0.15, -0.1) is 11.3 Å². The summed E-state index contributed by atoms with van der Waals surface area (Å²) in [6.07, 6.45) is 3.01. The van der Waals surface area contributed by atoms with Crippen molar-refractivity contribution in [3.05, 3.63) is 56.7 Å². The molecule has 1 aliphatic carbocycles. The summed E-state index contributed by atoms with van der Waals surface area (Å²) in [6.45, 7) is 8.07.